The molecule has 3 N–H and O–H groups in total. The highest BCUT2D eigenvalue weighted by atomic mass is 16.5. The minimum atomic E-state index is 0.0212. The molecule has 0 radical (unpaired) electrons. The van der Waals surface area contributed by atoms with Gasteiger partial charge in [-0.1, -0.05) is 0 Å². The molecule has 0 bridgehead atoms. The van der Waals surface area contributed by atoms with Crippen molar-refractivity contribution in [3.8, 4) is 0 Å². The molecule has 0 aromatic carbocycles. The van der Waals surface area contributed by atoms with Crippen molar-refractivity contribution in [2.24, 2.45) is 5.73 Å². The molecule has 0 unspecified atom stereocenters. The first kappa shape index (κ1) is 14.3. The Bertz CT molecular complexity index is 163. The van der Waals surface area contributed by atoms with Crippen LogP contribution in [0.2, 0.25) is 0 Å². The van der Waals surface area contributed by atoms with E-state index in [1.54, 1.807) is 0 Å². The van der Waals surface area contributed by atoms with Crippen LogP contribution in [0.1, 0.15) is 20.3 Å². The largest absolute Gasteiger partial charge is 0.379 e. The number of carbonyl (C=O) groups is 1. The molecule has 90 valence electrons. The summed E-state index contributed by atoms with van der Waals surface area (Å²) in [5, 5.41) is 2.79. The van der Waals surface area contributed by atoms with Crippen molar-refractivity contribution in [1.82, 2.24) is 5.32 Å². The molecule has 15 heavy (non-hydrogen) atoms. The summed E-state index contributed by atoms with van der Waals surface area (Å²) in [6.45, 7) is 6.41. The van der Waals surface area contributed by atoms with E-state index in [9.17, 15) is 4.79 Å². The maximum Gasteiger partial charge on any atom is 0.222 e. The van der Waals surface area contributed by atoms with Crippen LogP contribution in [0, 0.1) is 0 Å². The molecule has 0 aromatic rings. The monoisotopic (exact) mass is 218 g/mol. The predicted octanol–water partition coefficient (Wildman–Crippen LogP) is -0.107. The van der Waals surface area contributed by atoms with Crippen molar-refractivity contribution in [2.45, 2.75) is 26.3 Å². The van der Waals surface area contributed by atoms with Crippen LogP contribution >= 0.6 is 0 Å². The predicted molar refractivity (Wildman–Crippen MR) is 58.6 cm³/mol. The first-order chi connectivity index (χ1) is 7.16. The first-order valence-corrected chi connectivity index (χ1v) is 5.31. The third-order valence-corrected chi connectivity index (χ3v) is 1.56. The summed E-state index contributed by atoms with van der Waals surface area (Å²) in [4.78, 5) is 11.1. The molecule has 0 aliphatic carbocycles. The molecule has 0 aromatic heterocycles. The molecule has 0 atom stereocenters. The zero-order chi connectivity index (χ0) is 11.5. The molecule has 0 spiro atoms. The smallest absolute Gasteiger partial charge is 0.222 e. The van der Waals surface area contributed by atoms with Gasteiger partial charge in [-0.15, -0.1) is 0 Å². The molecule has 0 saturated carbocycles. The van der Waals surface area contributed by atoms with E-state index in [-0.39, 0.29) is 11.9 Å². The van der Waals surface area contributed by atoms with Crippen molar-refractivity contribution in [2.75, 3.05) is 33.0 Å². The van der Waals surface area contributed by atoms with E-state index in [1.165, 1.54) is 0 Å². The van der Waals surface area contributed by atoms with Crippen molar-refractivity contribution in [1.29, 1.82) is 0 Å². The maximum atomic E-state index is 11.1. The zero-order valence-electron chi connectivity index (χ0n) is 9.62. The van der Waals surface area contributed by atoms with Crippen LogP contribution < -0.4 is 11.1 Å². The van der Waals surface area contributed by atoms with Gasteiger partial charge >= 0.3 is 0 Å². The average molecular weight is 218 g/mol. The van der Waals surface area contributed by atoms with E-state index < -0.39 is 0 Å². The van der Waals surface area contributed by atoms with Crippen LogP contribution in [0.25, 0.3) is 0 Å². The molecule has 1 amide bonds. The molecule has 0 aliphatic rings. The highest BCUT2D eigenvalue weighted by molar-refractivity contribution is 5.76. The minimum Gasteiger partial charge on any atom is -0.379 e. The number of ether oxygens (including phenoxy) is 2. The lowest BCUT2D eigenvalue weighted by atomic mass is 10.3. The van der Waals surface area contributed by atoms with E-state index in [0.29, 0.717) is 39.4 Å². The molecule has 0 fully saturated rings. The van der Waals surface area contributed by atoms with Crippen molar-refractivity contribution < 1.29 is 14.3 Å². The van der Waals surface area contributed by atoms with Crippen molar-refractivity contribution in [3.63, 3.8) is 0 Å². The summed E-state index contributed by atoms with van der Waals surface area (Å²) in [6, 6.07) is 0.186. The molecular formula is C10H22N2O3. The first-order valence-electron chi connectivity index (χ1n) is 5.31. The molecule has 0 aliphatic heterocycles. The summed E-state index contributed by atoms with van der Waals surface area (Å²) >= 11 is 0. The fraction of sp³-hybridized carbons (Fsp3) is 0.900. The van der Waals surface area contributed by atoms with E-state index in [2.05, 4.69) is 5.32 Å². The summed E-state index contributed by atoms with van der Waals surface area (Å²) in [6.07, 6.45) is 0.398. The van der Waals surface area contributed by atoms with Crippen molar-refractivity contribution >= 4 is 5.91 Å². The van der Waals surface area contributed by atoms with Crippen LogP contribution in [0.3, 0.4) is 0 Å². The molecule has 0 saturated heterocycles. The second-order valence-corrected chi connectivity index (χ2v) is 3.49. The number of amides is 1. The van der Waals surface area contributed by atoms with Gasteiger partial charge in [0.2, 0.25) is 5.91 Å². The number of rotatable bonds is 9. The minimum absolute atomic E-state index is 0.0212. The van der Waals surface area contributed by atoms with E-state index in [4.69, 9.17) is 15.2 Å². The number of hydrogen-bond donors (Lipinski definition) is 2. The number of hydrogen-bond acceptors (Lipinski definition) is 4. The van der Waals surface area contributed by atoms with Gasteiger partial charge in [-0.2, -0.15) is 0 Å². The molecule has 5 nitrogen and oxygen atoms in total. The lowest BCUT2D eigenvalue weighted by Gasteiger charge is -2.08. The van der Waals surface area contributed by atoms with Gasteiger partial charge in [0.05, 0.1) is 26.4 Å². The maximum absolute atomic E-state index is 11.1. The third kappa shape index (κ3) is 11.3. The van der Waals surface area contributed by atoms with Gasteiger partial charge in [0.25, 0.3) is 0 Å². The summed E-state index contributed by atoms with van der Waals surface area (Å²) in [7, 11) is 0. The Balaban J connectivity index is 3.13. The van der Waals surface area contributed by atoms with Gasteiger partial charge < -0.3 is 20.5 Å². The van der Waals surface area contributed by atoms with Crippen LogP contribution in [0.4, 0.5) is 0 Å². The van der Waals surface area contributed by atoms with Crippen LogP contribution in [-0.2, 0) is 14.3 Å². The Labute approximate surface area is 91.3 Å². The Kier molecular flexibility index (Phi) is 9.46. The Morgan fingerprint density at radius 3 is 2.33 bits per heavy atom. The number of carbonyl (C=O) groups excluding carboxylic acids is 1. The highest BCUT2D eigenvalue weighted by Gasteiger charge is 2.02. The van der Waals surface area contributed by atoms with Crippen LogP contribution in [0.5, 0.6) is 0 Å². The third-order valence-electron chi connectivity index (χ3n) is 1.56. The molecule has 5 heteroatoms. The Morgan fingerprint density at radius 1 is 1.20 bits per heavy atom. The van der Waals surface area contributed by atoms with Crippen LogP contribution in [-0.4, -0.2) is 44.9 Å². The van der Waals surface area contributed by atoms with E-state index >= 15 is 0 Å². The Hall–Kier alpha value is -0.650. The standard InChI is InChI=1S/C10H22N2O3/c1-9(2)12-10(13)3-5-14-7-8-15-6-4-11/h9H,3-8,11H2,1-2H3,(H,12,13). The molecular weight excluding hydrogens is 196 g/mol. The highest BCUT2D eigenvalue weighted by Crippen LogP contribution is 1.86. The van der Waals surface area contributed by atoms with Gasteiger partial charge in [-0.05, 0) is 13.8 Å². The number of nitrogens with two attached hydrogens (primary N) is 1. The zero-order valence-corrected chi connectivity index (χ0v) is 9.62. The summed E-state index contributed by atoms with van der Waals surface area (Å²) in [5.41, 5.74) is 5.24. The van der Waals surface area contributed by atoms with Gasteiger partial charge in [-0.3, -0.25) is 4.79 Å². The lowest BCUT2D eigenvalue weighted by Crippen LogP contribution is -2.30. The Morgan fingerprint density at radius 2 is 1.80 bits per heavy atom. The van der Waals surface area contributed by atoms with Crippen molar-refractivity contribution in [3.05, 3.63) is 0 Å². The molecule has 0 rings (SSSR count). The summed E-state index contributed by atoms with van der Waals surface area (Å²) < 4.78 is 10.3. The normalized spacial score (nSPS) is 10.7. The second-order valence-electron chi connectivity index (χ2n) is 3.49. The van der Waals surface area contributed by atoms with Gasteiger partial charge in [-0.25, -0.2) is 0 Å². The quantitative estimate of drug-likeness (QED) is 0.530. The van der Waals surface area contributed by atoms with Crippen LogP contribution in [0.15, 0.2) is 0 Å². The van der Waals surface area contributed by atoms with E-state index in [0.717, 1.165) is 0 Å². The average Bonchev–Trinajstić information content (AvgIpc) is 2.15. The molecule has 0 heterocycles. The van der Waals surface area contributed by atoms with E-state index in [1.807, 2.05) is 13.8 Å². The van der Waals surface area contributed by atoms with Gasteiger partial charge in [0.15, 0.2) is 0 Å². The summed E-state index contributed by atoms with van der Waals surface area (Å²) in [5.74, 6) is 0.0212. The lowest BCUT2D eigenvalue weighted by molar-refractivity contribution is -0.122. The number of nitrogens with one attached hydrogen (secondary N) is 1. The fourth-order valence-corrected chi connectivity index (χ4v) is 0.964. The second kappa shape index (κ2) is 9.89. The fourth-order valence-electron chi connectivity index (χ4n) is 0.964. The topological polar surface area (TPSA) is 73.6 Å². The SMILES string of the molecule is CC(C)NC(=O)CCOCCOCCN. The van der Waals surface area contributed by atoms with Gasteiger partial charge in [0, 0.05) is 19.0 Å². The van der Waals surface area contributed by atoms with Gasteiger partial charge in [0.1, 0.15) is 0 Å².